The summed E-state index contributed by atoms with van der Waals surface area (Å²) in [4.78, 5) is 28.0. The number of amides is 1. The standard InChI is InChI=1S/C23H20N2O3/c26-22(19-7-2-1-3-8-19)12-13-23(27)25-14-4-5-16-28-20-11-10-18-9-6-15-24-21(18)17-20/h1-3,6-11,15,17H,12-14,16H2,(H,25,27). The molecule has 0 aliphatic heterocycles. The maximum absolute atomic E-state index is 12.0. The van der Waals surface area contributed by atoms with Crippen LogP contribution in [0.15, 0.2) is 66.9 Å². The van der Waals surface area contributed by atoms with Gasteiger partial charge in [0.15, 0.2) is 5.78 Å². The molecule has 1 heterocycles. The zero-order chi connectivity index (χ0) is 19.6. The summed E-state index contributed by atoms with van der Waals surface area (Å²) in [6.07, 6.45) is 2.07. The number of hydrogen-bond donors (Lipinski definition) is 1. The number of pyridine rings is 1. The Balaban J connectivity index is 1.35. The third-order valence-electron chi connectivity index (χ3n) is 4.06. The second-order valence-corrected chi connectivity index (χ2v) is 6.07. The molecule has 3 rings (SSSR count). The molecule has 0 saturated heterocycles. The molecular formula is C23H20N2O3. The monoisotopic (exact) mass is 372 g/mol. The average molecular weight is 372 g/mol. The lowest BCUT2D eigenvalue weighted by Gasteiger charge is -2.03. The van der Waals surface area contributed by atoms with Gasteiger partial charge in [-0.2, -0.15) is 0 Å². The van der Waals surface area contributed by atoms with Crippen molar-refractivity contribution in [2.45, 2.75) is 12.8 Å². The van der Waals surface area contributed by atoms with Crippen molar-refractivity contribution < 1.29 is 14.3 Å². The van der Waals surface area contributed by atoms with Gasteiger partial charge in [0.05, 0.1) is 12.1 Å². The summed E-state index contributed by atoms with van der Waals surface area (Å²) >= 11 is 0. The Labute approximate surface area is 163 Å². The molecule has 2 aromatic carbocycles. The third-order valence-corrected chi connectivity index (χ3v) is 4.06. The number of carbonyl (C=O) groups excluding carboxylic acids is 2. The van der Waals surface area contributed by atoms with Crippen molar-refractivity contribution >= 4 is 22.6 Å². The van der Waals surface area contributed by atoms with Gasteiger partial charge in [-0.1, -0.05) is 48.2 Å². The second-order valence-electron chi connectivity index (χ2n) is 6.07. The molecule has 3 aromatic rings. The minimum Gasteiger partial charge on any atom is -0.481 e. The summed E-state index contributed by atoms with van der Waals surface area (Å²) in [5, 5.41) is 3.73. The minimum atomic E-state index is -0.194. The Morgan fingerprint density at radius 2 is 1.82 bits per heavy atom. The number of carbonyl (C=O) groups is 2. The van der Waals surface area contributed by atoms with E-state index < -0.39 is 0 Å². The number of hydrogen-bond acceptors (Lipinski definition) is 4. The van der Waals surface area contributed by atoms with Crippen molar-refractivity contribution in [3.8, 4) is 17.6 Å². The Morgan fingerprint density at radius 1 is 0.964 bits per heavy atom. The van der Waals surface area contributed by atoms with Crippen molar-refractivity contribution in [3.05, 3.63) is 72.4 Å². The number of Topliss-reactive ketones (excluding diaryl/α,β-unsaturated/α-hetero) is 1. The molecule has 1 N–H and O–H groups in total. The highest BCUT2D eigenvalue weighted by Crippen LogP contribution is 2.18. The highest BCUT2D eigenvalue weighted by Gasteiger charge is 2.08. The van der Waals surface area contributed by atoms with Gasteiger partial charge in [0.2, 0.25) is 5.91 Å². The lowest BCUT2D eigenvalue weighted by molar-refractivity contribution is -0.120. The van der Waals surface area contributed by atoms with Gasteiger partial charge >= 0.3 is 0 Å². The van der Waals surface area contributed by atoms with Crippen LogP contribution in [0, 0.1) is 11.8 Å². The van der Waals surface area contributed by atoms with Gasteiger partial charge in [-0.3, -0.25) is 14.6 Å². The number of aromatic nitrogens is 1. The van der Waals surface area contributed by atoms with Gasteiger partial charge in [-0.15, -0.1) is 0 Å². The maximum atomic E-state index is 12.0. The van der Waals surface area contributed by atoms with Crippen LogP contribution < -0.4 is 10.1 Å². The van der Waals surface area contributed by atoms with Crippen LogP contribution in [0.5, 0.6) is 5.75 Å². The van der Waals surface area contributed by atoms with E-state index in [1.54, 1.807) is 30.5 Å². The number of ether oxygens (including phenoxy) is 1. The van der Waals surface area contributed by atoms with Crippen molar-refractivity contribution in [2.24, 2.45) is 0 Å². The minimum absolute atomic E-state index is 0.0416. The van der Waals surface area contributed by atoms with Crippen LogP contribution in [0.4, 0.5) is 0 Å². The molecule has 0 aliphatic carbocycles. The van der Waals surface area contributed by atoms with E-state index in [0.717, 1.165) is 10.9 Å². The average Bonchev–Trinajstić information content (AvgIpc) is 2.75. The lowest BCUT2D eigenvalue weighted by Crippen LogP contribution is -2.24. The van der Waals surface area contributed by atoms with Gasteiger partial charge in [0, 0.05) is 36.1 Å². The smallest absolute Gasteiger partial charge is 0.221 e. The maximum Gasteiger partial charge on any atom is 0.221 e. The lowest BCUT2D eigenvalue weighted by atomic mass is 10.1. The zero-order valence-electron chi connectivity index (χ0n) is 15.4. The summed E-state index contributed by atoms with van der Waals surface area (Å²) in [5.41, 5.74) is 1.49. The Kier molecular flexibility index (Phi) is 6.75. The van der Waals surface area contributed by atoms with E-state index >= 15 is 0 Å². The number of rotatable bonds is 7. The van der Waals surface area contributed by atoms with Crippen molar-refractivity contribution in [3.63, 3.8) is 0 Å². The van der Waals surface area contributed by atoms with E-state index in [9.17, 15) is 9.59 Å². The Hall–Kier alpha value is -3.65. The number of nitrogens with zero attached hydrogens (tertiary/aromatic N) is 1. The highest BCUT2D eigenvalue weighted by molar-refractivity contribution is 5.97. The second kappa shape index (κ2) is 9.89. The fourth-order valence-corrected chi connectivity index (χ4v) is 2.60. The largest absolute Gasteiger partial charge is 0.481 e. The van der Waals surface area contributed by atoms with Crippen LogP contribution in [0.25, 0.3) is 10.9 Å². The third kappa shape index (κ3) is 5.68. The van der Waals surface area contributed by atoms with Gasteiger partial charge in [-0.05, 0) is 18.2 Å². The molecule has 0 bridgehead atoms. The Morgan fingerprint density at radius 3 is 2.68 bits per heavy atom. The molecule has 0 atom stereocenters. The van der Waals surface area contributed by atoms with E-state index in [-0.39, 0.29) is 37.7 Å². The molecule has 0 radical (unpaired) electrons. The number of fused-ring (bicyclic) bond motifs is 1. The highest BCUT2D eigenvalue weighted by atomic mass is 16.5. The van der Waals surface area contributed by atoms with Gasteiger partial charge in [-0.25, -0.2) is 0 Å². The normalized spacial score (nSPS) is 10.0. The molecule has 1 amide bonds. The first kappa shape index (κ1) is 19.1. The molecule has 0 saturated carbocycles. The van der Waals surface area contributed by atoms with E-state index in [1.165, 1.54) is 0 Å². The molecule has 0 aliphatic rings. The topological polar surface area (TPSA) is 68.3 Å². The molecule has 0 fully saturated rings. The van der Waals surface area contributed by atoms with Crippen LogP contribution in [0.3, 0.4) is 0 Å². The van der Waals surface area contributed by atoms with Gasteiger partial charge < -0.3 is 10.1 Å². The van der Waals surface area contributed by atoms with Crippen LogP contribution in [-0.4, -0.2) is 29.8 Å². The molecule has 140 valence electrons. The van der Waals surface area contributed by atoms with E-state index in [0.29, 0.717) is 11.3 Å². The quantitative estimate of drug-likeness (QED) is 0.510. The van der Waals surface area contributed by atoms with Crippen LogP contribution in [0.1, 0.15) is 23.2 Å². The van der Waals surface area contributed by atoms with Crippen molar-refractivity contribution in [2.75, 3.05) is 13.2 Å². The van der Waals surface area contributed by atoms with Gasteiger partial charge in [0.1, 0.15) is 12.4 Å². The summed E-state index contributed by atoms with van der Waals surface area (Å²) in [6, 6.07) is 18.5. The van der Waals surface area contributed by atoms with Crippen molar-refractivity contribution in [1.82, 2.24) is 10.3 Å². The fourth-order valence-electron chi connectivity index (χ4n) is 2.60. The summed E-state index contributed by atoms with van der Waals surface area (Å²) in [5.74, 6) is 6.15. The van der Waals surface area contributed by atoms with Crippen LogP contribution in [0.2, 0.25) is 0 Å². The van der Waals surface area contributed by atoms with E-state index in [4.69, 9.17) is 4.74 Å². The summed E-state index contributed by atoms with van der Waals surface area (Å²) in [7, 11) is 0. The fraction of sp³-hybridized carbons (Fsp3) is 0.174. The predicted molar refractivity (Wildman–Crippen MR) is 108 cm³/mol. The van der Waals surface area contributed by atoms with E-state index in [1.807, 2.05) is 36.4 Å². The first-order chi connectivity index (χ1) is 13.7. The van der Waals surface area contributed by atoms with E-state index in [2.05, 4.69) is 22.1 Å². The first-order valence-corrected chi connectivity index (χ1v) is 9.00. The number of nitrogens with one attached hydrogen (secondary N) is 1. The molecule has 5 nitrogen and oxygen atoms in total. The summed E-state index contributed by atoms with van der Waals surface area (Å²) < 4.78 is 5.58. The molecule has 5 heteroatoms. The zero-order valence-corrected chi connectivity index (χ0v) is 15.4. The first-order valence-electron chi connectivity index (χ1n) is 9.00. The SMILES string of the molecule is O=C(CCC(=O)c1ccccc1)NCC#CCOc1ccc2cccnc2c1. The van der Waals surface area contributed by atoms with Gasteiger partial charge in [0.25, 0.3) is 0 Å². The van der Waals surface area contributed by atoms with Crippen molar-refractivity contribution in [1.29, 1.82) is 0 Å². The number of benzene rings is 2. The van der Waals surface area contributed by atoms with Crippen LogP contribution >= 0.6 is 0 Å². The molecule has 1 aromatic heterocycles. The number of ketones is 1. The van der Waals surface area contributed by atoms with Crippen LogP contribution in [-0.2, 0) is 4.79 Å². The molecule has 0 unspecified atom stereocenters. The molecule has 0 spiro atoms. The predicted octanol–water partition coefficient (Wildman–Crippen LogP) is 3.40. The molecule has 28 heavy (non-hydrogen) atoms. The molecular weight excluding hydrogens is 352 g/mol. The Bertz CT molecular complexity index is 1020. The summed E-state index contributed by atoms with van der Waals surface area (Å²) in [6.45, 7) is 0.446.